The van der Waals surface area contributed by atoms with Crippen LogP contribution < -0.4 is 4.74 Å². The summed E-state index contributed by atoms with van der Waals surface area (Å²) in [5, 5.41) is 22.5. The monoisotopic (exact) mass is 416 g/mol. The molecule has 1 aliphatic rings. The zero-order chi connectivity index (χ0) is 21.3. The first-order valence-electron chi connectivity index (χ1n) is 10.7. The molecule has 2 heterocycles. The molecule has 2 N–H and O–H groups in total. The van der Waals surface area contributed by atoms with Crippen molar-refractivity contribution in [2.24, 2.45) is 0 Å². The Morgan fingerprint density at radius 2 is 1.97 bits per heavy atom. The van der Waals surface area contributed by atoms with Gasteiger partial charge in [-0.3, -0.25) is 4.79 Å². The molecule has 1 amide bonds. The van der Waals surface area contributed by atoms with E-state index in [1.807, 2.05) is 24.3 Å². The number of ether oxygens (including phenoxy) is 1. The molecule has 8 heteroatoms. The Morgan fingerprint density at radius 1 is 1.23 bits per heavy atom. The van der Waals surface area contributed by atoms with Crippen LogP contribution in [0.25, 0.3) is 5.69 Å². The molecule has 1 fully saturated rings. The van der Waals surface area contributed by atoms with Gasteiger partial charge in [0.2, 0.25) is 0 Å². The topological polar surface area (TPSA) is 91.1 Å². The molecule has 8 nitrogen and oxygen atoms in total. The first-order chi connectivity index (χ1) is 14.6. The molecule has 30 heavy (non-hydrogen) atoms. The van der Waals surface area contributed by atoms with E-state index in [0.717, 1.165) is 24.4 Å². The molecule has 1 atom stereocenters. The molecule has 1 aromatic carbocycles. The quantitative estimate of drug-likeness (QED) is 0.540. The summed E-state index contributed by atoms with van der Waals surface area (Å²) < 4.78 is 7.48. The summed E-state index contributed by atoms with van der Waals surface area (Å²) in [4.78, 5) is 16.4. The molecule has 0 aliphatic carbocycles. The molecule has 1 unspecified atom stereocenters. The van der Waals surface area contributed by atoms with E-state index >= 15 is 0 Å². The third kappa shape index (κ3) is 5.81. The number of nitrogens with zero attached hydrogens (tertiary/aromatic N) is 4. The fourth-order valence-electron chi connectivity index (χ4n) is 3.79. The van der Waals surface area contributed by atoms with Crippen LogP contribution >= 0.6 is 0 Å². The average molecular weight is 417 g/mol. The van der Waals surface area contributed by atoms with Crippen molar-refractivity contribution in [3.8, 4) is 11.4 Å². The van der Waals surface area contributed by atoms with Crippen LogP contribution in [0.1, 0.15) is 36.5 Å². The third-order valence-corrected chi connectivity index (χ3v) is 5.51. The summed E-state index contributed by atoms with van der Waals surface area (Å²) in [7, 11) is 0. The van der Waals surface area contributed by atoms with Crippen LogP contribution in [0.2, 0.25) is 0 Å². The van der Waals surface area contributed by atoms with Crippen molar-refractivity contribution in [3.63, 3.8) is 0 Å². The zero-order valence-electron chi connectivity index (χ0n) is 17.6. The maximum Gasteiger partial charge on any atom is 0.257 e. The van der Waals surface area contributed by atoms with Gasteiger partial charge >= 0.3 is 0 Å². The molecule has 0 spiro atoms. The van der Waals surface area contributed by atoms with Gasteiger partial charge in [-0.1, -0.05) is 0 Å². The van der Waals surface area contributed by atoms with E-state index in [9.17, 15) is 4.79 Å². The number of benzene rings is 1. The van der Waals surface area contributed by atoms with E-state index < -0.39 is 0 Å². The van der Waals surface area contributed by atoms with Crippen LogP contribution in [0.4, 0.5) is 0 Å². The van der Waals surface area contributed by atoms with Crippen molar-refractivity contribution < 1.29 is 19.7 Å². The van der Waals surface area contributed by atoms with Gasteiger partial charge in [0.05, 0.1) is 37.3 Å². The molecule has 3 rings (SSSR count). The Kier molecular flexibility index (Phi) is 8.24. The number of aliphatic hydroxyl groups excluding tert-OH is 2. The molecule has 1 aliphatic heterocycles. The third-order valence-electron chi connectivity index (χ3n) is 5.51. The highest BCUT2D eigenvalue weighted by Crippen LogP contribution is 2.18. The lowest BCUT2D eigenvalue weighted by molar-refractivity contribution is 0.0685. The Balaban J connectivity index is 1.51. The van der Waals surface area contributed by atoms with E-state index in [-0.39, 0.29) is 32.2 Å². The number of carbonyl (C=O) groups is 1. The molecular weight excluding hydrogens is 384 g/mol. The maximum absolute atomic E-state index is 12.5. The Morgan fingerprint density at radius 3 is 2.60 bits per heavy atom. The predicted molar refractivity (Wildman–Crippen MR) is 114 cm³/mol. The van der Waals surface area contributed by atoms with Crippen molar-refractivity contribution >= 4 is 5.91 Å². The largest absolute Gasteiger partial charge is 0.494 e. The van der Waals surface area contributed by atoms with Gasteiger partial charge in [-0.05, 0) is 57.0 Å². The highest BCUT2D eigenvalue weighted by Gasteiger charge is 2.19. The minimum atomic E-state index is -0.267. The average Bonchev–Trinajstić information content (AvgIpc) is 3.40. The van der Waals surface area contributed by atoms with Gasteiger partial charge in [0.1, 0.15) is 5.75 Å². The fourth-order valence-corrected chi connectivity index (χ4v) is 3.79. The van der Waals surface area contributed by atoms with Gasteiger partial charge in [0.25, 0.3) is 5.91 Å². The van der Waals surface area contributed by atoms with Gasteiger partial charge in [0, 0.05) is 31.9 Å². The maximum atomic E-state index is 12.5. The highest BCUT2D eigenvalue weighted by molar-refractivity contribution is 5.93. The summed E-state index contributed by atoms with van der Waals surface area (Å²) in [5.41, 5.74) is 1.23. The molecule has 1 aromatic heterocycles. The standard InChI is InChI=1S/C22H32N4O4/c1-18-4-2-9-24(18)10-3-15-30-21-7-5-20(6-8-21)26-17-19(16-23-26)22(29)25(11-13-27)12-14-28/h5-8,16-18,27-28H,2-4,9-15H2,1H3. The van der Waals surface area contributed by atoms with Crippen LogP contribution in [0, 0.1) is 0 Å². The molecule has 164 valence electrons. The number of aliphatic hydroxyl groups is 2. The van der Waals surface area contributed by atoms with Gasteiger partial charge in [-0.15, -0.1) is 0 Å². The SMILES string of the molecule is CC1CCCN1CCCOc1ccc(-n2cc(C(=O)N(CCO)CCO)cn2)cc1. The number of carbonyl (C=O) groups excluding carboxylic acids is 1. The van der Waals surface area contributed by atoms with Crippen molar-refractivity contribution in [1.29, 1.82) is 0 Å². The van der Waals surface area contributed by atoms with Crippen LogP contribution in [0.3, 0.4) is 0 Å². The highest BCUT2D eigenvalue weighted by atomic mass is 16.5. The number of amides is 1. The molecule has 2 aromatic rings. The number of hydrogen-bond acceptors (Lipinski definition) is 6. The van der Waals surface area contributed by atoms with E-state index in [1.165, 1.54) is 30.5 Å². The smallest absolute Gasteiger partial charge is 0.257 e. The summed E-state index contributed by atoms with van der Waals surface area (Å²) in [5.74, 6) is 0.547. The van der Waals surface area contributed by atoms with Crippen molar-refractivity contribution in [2.75, 3.05) is 46.0 Å². The number of rotatable bonds is 11. The second kappa shape index (κ2) is 11.1. The number of likely N-dealkylation sites (tertiary alicyclic amines) is 1. The summed E-state index contributed by atoms with van der Waals surface area (Å²) in [6, 6.07) is 8.30. The molecule has 0 radical (unpaired) electrons. The van der Waals surface area contributed by atoms with Crippen LogP contribution in [0.15, 0.2) is 36.7 Å². The second-order valence-corrected chi connectivity index (χ2v) is 7.64. The fraction of sp³-hybridized carbons (Fsp3) is 0.545. The first kappa shape index (κ1) is 22.3. The Labute approximate surface area is 177 Å². The van der Waals surface area contributed by atoms with Gasteiger partial charge < -0.3 is 24.7 Å². The van der Waals surface area contributed by atoms with Gasteiger partial charge in [-0.25, -0.2) is 4.68 Å². The summed E-state index contributed by atoms with van der Waals surface area (Å²) in [6.07, 6.45) is 6.75. The lowest BCUT2D eigenvalue weighted by Gasteiger charge is -2.20. The van der Waals surface area contributed by atoms with Crippen LogP contribution in [0.5, 0.6) is 5.75 Å². The van der Waals surface area contributed by atoms with Crippen LogP contribution in [-0.4, -0.2) is 87.7 Å². The molecular formula is C22H32N4O4. The van der Waals surface area contributed by atoms with Gasteiger partial charge in [-0.2, -0.15) is 5.10 Å². The summed E-state index contributed by atoms with van der Waals surface area (Å²) in [6.45, 7) is 5.29. The number of aromatic nitrogens is 2. The Bertz CT molecular complexity index is 787. The molecule has 0 saturated carbocycles. The first-order valence-corrected chi connectivity index (χ1v) is 10.7. The van der Waals surface area contributed by atoms with E-state index in [2.05, 4.69) is 16.9 Å². The normalized spacial score (nSPS) is 16.7. The van der Waals surface area contributed by atoms with Crippen molar-refractivity contribution in [3.05, 3.63) is 42.2 Å². The Hall–Kier alpha value is -2.42. The van der Waals surface area contributed by atoms with Gasteiger partial charge in [0.15, 0.2) is 0 Å². The lowest BCUT2D eigenvalue weighted by atomic mass is 10.2. The van der Waals surface area contributed by atoms with E-state index in [0.29, 0.717) is 18.2 Å². The second-order valence-electron chi connectivity index (χ2n) is 7.64. The van der Waals surface area contributed by atoms with E-state index in [1.54, 1.807) is 10.9 Å². The predicted octanol–water partition coefficient (Wildman–Crippen LogP) is 1.55. The van der Waals surface area contributed by atoms with E-state index in [4.69, 9.17) is 14.9 Å². The molecule has 0 bridgehead atoms. The minimum Gasteiger partial charge on any atom is -0.494 e. The van der Waals surface area contributed by atoms with Crippen molar-refractivity contribution in [2.45, 2.75) is 32.2 Å². The minimum absolute atomic E-state index is 0.154. The summed E-state index contributed by atoms with van der Waals surface area (Å²) >= 11 is 0. The van der Waals surface area contributed by atoms with Crippen LogP contribution in [-0.2, 0) is 0 Å². The zero-order valence-corrected chi connectivity index (χ0v) is 17.6. The van der Waals surface area contributed by atoms with Crippen molar-refractivity contribution in [1.82, 2.24) is 19.6 Å². The molecule has 1 saturated heterocycles. The number of hydrogen-bond donors (Lipinski definition) is 2. The lowest BCUT2D eigenvalue weighted by Crippen LogP contribution is -2.35.